The maximum Gasteiger partial charge on any atom is 0.244 e. The van der Waals surface area contributed by atoms with Gasteiger partial charge in [0, 0.05) is 44.4 Å². The number of hydrogen-bond acceptors (Lipinski definition) is 8. The number of pyridine rings is 2. The number of methoxy groups -OCH3 is 1. The van der Waals surface area contributed by atoms with Crippen molar-refractivity contribution in [3.8, 4) is 11.4 Å². The molecule has 3 aromatic rings. The summed E-state index contributed by atoms with van der Waals surface area (Å²) in [4.78, 5) is 15.6. The van der Waals surface area contributed by atoms with Crippen molar-refractivity contribution in [1.82, 2.24) is 25.0 Å². The van der Waals surface area contributed by atoms with E-state index in [1.807, 2.05) is 24.4 Å². The van der Waals surface area contributed by atoms with Gasteiger partial charge in [-0.1, -0.05) is 11.2 Å². The van der Waals surface area contributed by atoms with Crippen LogP contribution in [-0.2, 0) is 11.3 Å². The minimum Gasteiger partial charge on any atom is -0.383 e. The normalized spacial score (nSPS) is 17.1. The third-order valence-electron chi connectivity index (χ3n) is 4.83. The van der Waals surface area contributed by atoms with Gasteiger partial charge in [-0.2, -0.15) is 4.98 Å². The second-order valence-corrected chi connectivity index (χ2v) is 6.80. The molecular formula is C20H24N6O2. The van der Waals surface area contributed by atoms with Crippen molar-refractivity contribution in [2.45, 2.75) is 25.4 Å². The SMILES string of the molecule is COCCNc1ccc(-c2noc([C@@H]3CCCN3Cc3cccnc3)n2)cn1. The van der Waals surface area contributed by atoms with E-state index < -0.39 is 0 Å². The Morgan fingerprint density at radius 1 is 1.29 bits per heavy atom. The number of aromatic nitrogens is 4. The summed E-state index contributed by atoms with van der Waals surface area (Å²) in [6.45, 7) is 3.19. The molecule has 1 saturated heterocycles. The first-order chi connectivity index (χ1) is 13.8. The first-order valence-corrected chi connectivity index (χ1v) is 9.49. The predicted octanol–water partition coefficient (Wildman–Crippen LogP) is 2.92. The number of hydrogen-bond donors (Lipinski definition) is 1. The van der Waals surface area contributed by atoms with Crippen LogP contribution in [0, 0.1) is 0 Å². The molecule has 0 aromatic carbocycles. The highest BCUT2D eigenvalue weighted by molar-refractivity contribution is 5.55. The lowest BCUT2D eigenvalue weighted by Crippen LogP contribution is -2.23. The summed E-state index contributed by atoms with van der Waals surface area (Å²) in [6, 6.07) is 8.05. The number of rotatable bonds is 8. The van der Waals surface area contributed by atoms with E-state index in [1.165, 1.54) is 5.56 Å². The quantitative estimate of drug-likeness (QED) is 0.597. The Morgan fingerprint density at radius 2 is 2.25 bits per heavy atom. The summed E-state index contributed by atoms with van der Waals surface area (Å²) >= 11 is 0. The first-order valence-electron chi connectivity index (χ1n) is 9.49. The second-order valence-electron chi connectivity index (χ2n) is 6.80. The molecule has 0 bridgehead atoms. The minimum absolute atomic E-state index is 0.143. The topological polar surface area (TPSA) is 89.2 Å². The highest BCUT2D eigenvalue weighted by atomic mass is 16.5. The molecule has 0 amide bonds. The Labute approximate surface area is 164 Å². The molecule has 0 radical (unpaired) electrons. The summed E-state index contributed by atoms with van der Waals surface area (Å²) < 4.78 is 10.6. The zero-order valence-corrected chi connectivity index (χ0v) is 15.9. The number of nitrogens with one attached hydrogen (secondary N) is 1. The average molecular weight is 380 g/mol. The van der Waals surface area contributed by atoms with E-state index in [0.29, 0.717) is 24.9 Å². The fourth-order valence-electron chi connectivity index (χ4n) is 3.42. The second kappa shape index (κ2) is 8.90. The smallest absolute Gasteiger partial charge is 0.244 e. The van der Waals surface area contributed by atoms with Crippen LogP contribution in [0.2, 0.25) is 0 Å². The molecule has 1 aliphatic rings. The van der Waals surface area contributed by atoms with Gasteiger partial charge in [-0.25, -0.2) is 4.98 Å². The molecule has 1 aliphatic heterocycles. The maximum absolute atomic E-state index is 5.60. The van der Waals surface area contributed by atoms with Crippen molar-refractivity contribution in [2.75, 3.05) is 32.1 Å². The Morgan fingerprint density at radius 3 is 3.04 bits per heavy atom. The molecule has 4 heterocycles. The monoisotopic (exact) mass is 380 g/mol. The summed E-state index contributed by atoms with van der Waals surface area (Å²) in [6.07, 6.45) is 7.59. The Balaban J connectivity index is 1.43. The van der Waals surface area contributed by atoms with E-state index in [2.05, 4.69) is 36.4 Å². The third-order valence-corrected chi connectivity index (χ3v) is 4.83. The van der Waals surface area contributed by atoms with Crippen LogP contribution >= 0.6 is 0 Å². The largest absolute Gasteiger partial charge is 0.383 e. The van der Waals surface area contributed by atoms with Gasteiger partial charge in [-0.3, -0.25) is 9.88 Å². The van der Waals surface area contributed by atoms with Gasteiger partial charge in [-0.15, -0.1) is 0 Å². The number of ether oxygens (including phenoxy) is 1. The molecule has 0 spiro atoms. The molecule has 0 saturated carbocycles. The van der Waals surface area contributed by atoms with E-state index in [-0.39, 0.29) is 6.04 Å². The molecule has 4 rings (SSSR count). The molecule has 8 heteroatoms. The summed E-state index contributed by atoms with van der Waals surface area (Å²) in [5.41, 5.74) is 2.03. The Bertz CT molecular complexity index is 868. The Kier molecular flexibility index (Phi) is 5.89. The molecule has 1 N–H and O–H groups in total. The number of anilines is 1. The van der Waals surface area contributed by atoms with Gasteiger partial charge in [0.2, 0.25) is 11.7 Å². The van der Waals surface area contributed by atoms with Gasteiger partial charge in [0.05, 0.1) is 12.6 Å². The van der Waals surface area contributed by atoms with Gasteiger partial charge >= 0.3 is 0 Å². The van der Waals surface area contributed by atoms with Gasteiger partial charge in [-0.05, 0) is 43.1 Å². The van der Waals surface area contributed by atoms with Gasteiger partial charge in [0.1, 0.15) is 5.82 Å². The van der Waals surface area contributed by atoms with Crippen LogP contribution in [0.3, 0.4) is 0 Å². The number of likely N-dealkylation sites (tertiary alicyclic amines) is 1. The van der Waals surface area contributed by atoms with Crippen molar-refractivity contribution < 1.29 is 9.26 Å². The predicted molar refractivity (Wildman–Crippen MR) is 105 cm³/mol. The van der Waals surface area contributed by atoms with Crippen molar-refractivity contribution in [2.24, 2.45) is 0 Å². The molecule has 1 atom stereocenters. The van der Waals surface area contributed by atoms with Crippen LogP contribution in [0.1, 0.15) is 30.3 Å². The molecule has 28 heavy (non-hydrogen) atoms. The lowest BCUT2D eigenvalue weighted by molar-refractivity contribution is 0.201. The van der Waals surface area contributed by atoms with Crippen molar-refractivity contribution in [1.29, 1.82) is 0 Å². The molecule has 0 aliphatic carbocycles. The highest BCUT2D eigenvalue weighted by Gasteiger charge is 2.30. The van der Waals surface area contributed by atoms with E-state index in [9.17, 15) is 0 Å². The molecule has 146 valence electrons. The highest BCUT2D eigenvalue weighted by Crippen LogP contribution is 2.33. The molecule has 8 nitrogen and oxygen atoms in total. The minimum atomic E-state index is 0.143. The summed E-state index contributed by atoms with van der Waals surface area (Å²) in [7, 11) is 1.67. The Hall–Kier alpha value is -2.84. The molecule has 3 aromatic heterocycles. The van der Waals surface area contributed by atoms with E-state index in [1.54, 1.807) is 19.5 Å². The van der Waals surface area contributed by atoms with Gasteiger partial charge in [0.25, 0.3) is 0 Å². The van der Waals surface area contributed by atoms with E-state index >= 15 is 0 Å². The summed E-state index contributed by atoms with van der Waals surface area (Å²) in [5.74, 6) is 2.03. The van der Waals surface area contributed by atoms with Crippen LogP contribution in [0.15, 0.2) is 47.4 Å². The molecule has 0 unspecified atom stereocenters. The lowest BCUT2D eigenvalue weighted by Gasteiger charge is -2.21. The van der Waals surface area contributed by atoms with E-state index in [4.69, 9.17) is 9.26 Å². The average Bonchev–Trinajstić information content (AvgIpc) is 3.39. The summed E-state index contributed by atoms with van der Waals surface area (Å²) in [5, 5.41) is 7.36. The zero-order valence-electron chi connectivity index (χ0n) is 15.9. The van der Waals surface area contributed by atoms with Gasteiger partial charge in [0.15, 0.2) is 0 Å². The van der Waals surface area contributed by atoms with Crippen molar-refractivity contribution in [3.05, 3.63) is 54.3 Å². The first kappa shape index (κ1) is 18.5. The molecule has 1 fully saturated rings. The van der Waals surface area contributed by atoms with E-state index in [0.717, 1.165) is 37.3 Å². The molecular weight excluding hydrogens is 356 g/mol. The zero-order chi connectivity index (χ0) is 19.2. The van der Waals surface area contributed by atoms with Crippen LogP contribution in [-0.4, -0.2) is 51.8 Å². The maximum atomic E-state index is 5.60. The van der Waals surface area contributed by atoms with Crippen LogP contribution in [0.5, 0.6) is 0 Å². The van der Waals surface area contributed by atoms with Crippen molar-refractivity contribution >= 4 is 5.82 Å². The number of nitrogens with zero attached hydrogens (tertiary/aromatic N) is 5. The lowest BCUT2D eigenvalue weighted by atomic mass is 10.2. The fourth-order valence-corrected chi connectivity index (χ4v) is 3.42. The third kappa shape index (κ3) is 4.35. The fraction of sp³-hybridized carbons (Fsp3) is 0.400. The van der Waals surface area contributed by atoms with Crippen LogP contribution < -0.4 is 5.32 Å². The standard InChI is InChI=1S/C20H24N6O2/c1-27-11-9-22-18-7-6-16(13-23-18)19-24-20(28-25-19)17-5-3-10-26(17)14-15-4-2-8-21-12-15/h2,4,6-8,12-13,17H,3,5,9-11,14H2,1H3,(H,22,23)/t17-/m0/s1. The van der Waals surface area contributed by atoms with Crippen molar-refractivity contribution in [3.63, 3.8) is 0 Å². The van der Waals surface area contributed by atoms with Crippen LogP contribution in [0.25, 0.3) is 11.4 Å². The van der Waals surface area contributed by atoms with Crippen LogP contribution in [0.4, 0.5) is 5.82 Å². The van der Waals surface area contributed by atoms with Gasteiger partial charge < -0.3 is 14.6 Å².